The fourth-order valence-electron chi connectivity index (χ4n) is 1.60. The van der Waals surface area contributed by atoms with Crippen molar-refractivity contribution in [2.75, 3.05) is 12.8 Å². The summed E-state index contributed by atoms with van der Waals surface area (Å²) in [7, 11) is 3.50. The van der Waals surface area contributed by atoms with Gasteiger partial charge in [0.25, 0.3) is 0 Å². The number of nitrogen functional groups attached to an aromatic ring is 1. The Balaban J connectivity index is 2.58. The second kappa shape index (κ2) is 4.17. The van der Waals surface area contributed by atoms with Gasteiger partial charge in [0.1, 0.15) is 5.75 Å². The van der Waals surface area contributed by atoms with Crippen molar-refractivity contribution in [3.05, 3.63) is 28.7 Å². The highest BCUT2D eigenvalue weighted by Gasteiger charge is 2.13. The summed E-state index contributed by atoms with van der Waals surface area (Å²) < 4.78 is 7.74. The SMILES string of the molecule is COc1cccc(-c2c(Br)c(N)nn2C)c1. The molecular weight excluding hydrogens is 270 g/mol. The number of benzene rings is 1. The van der Waals surface area contributed by atoms with Crippen molar-refractivity contribution in [2.45, 2.75) is 0 Å². The van der Waals surface area contributed by atoms with Gasteiger partial charge in [0, 0.05) is 12.6 Å². The maximum absolute atomic E-state index is 5.74. The predicted molar refractivity (Wildman–Crippen MR) is 67.3 cm³/mol. The molecule has 0 bridgehead atoms. The third-order valence-corrected chi connectivity index (χ3v) is 3.14. The first-order valence-electron chi connectivity index (χ1n) is 4.76. The minimum absolute atomic E-state index is 0.486. The zero-order valence-electron chi connectivity index (χ0n) is 9.07. The summed E-state index contributed by atoms with van der Waals surface area (Å²) in [6.07, 6.45) is 0. The molecule has 0 spiro atoms. The number of halogens is 1. The Kier molecular flexibility index (Phi) is 2.87. The number of methoxy groups -OCH3 is 1. The van der Waals surface area contributed by atoms with Crippen LogP contribution >= 0.6 is 15.9 Å². The zero-order valence-corrected chi connectivity index (χ0v) is 10.7. The van der Waals surface area contributed by atoms with E-state index in [0.717, 1.165) is 21.5 Å². The maximum Gasteiger partial charge on any atom is 0.160 e. The van der Waals surface area contributed by atoms with E-state index < -0.39 is 0 Å². The normalized spacial score (nSPS) is 10.4. The van der Waals surface area contributed by atoms with Gasteiger partial charge in [-0.2, -0.15) is 5.10 Å². The lowest BCUT2D eigenvalue weighted by atomic mass is 10.1. The maximum atomic E-state index is 5.74. The predicted octanol–water partition coefficient (Wildman–Crippen LogP) is 2.44. The van der Waals surface area contributed by atoms with Gasteiger partial charge in [-0.1, -0.05) is 12.1 Å². The summed E-state index contributed by atoms with van der Waals surface area (Å²) in [6.45, 7) is 0. The highest BCUT2D eigenvalue weighted by molar-refractivity contribution is 9.10. The molecule has 1 heterocycles. The summed E-state index contributed by atoms with van der Waals surface area (Å²) in [5.74, 6) is 1.30. The molecule has 0 atom stereocenters. The van der Waals surface area contributed by atoms with E-state index in [0.29, 0.717) is 5.82 Å². The molecular formula is C11H12BrN3O. The summed E-state index contributed by atoms with van der Waals surface area (Å²) in [5, 5.41) is 4.15. The largest absolute Gasteiger partial charge is 0.497 e. The fourth-order valence-corrected chi connectivity index (χ4v) is 2.17. The molecule has 1 aromatic carbocycles. The molecule has 4 nitrogen and oxygen atoms in total. The van der Waals surface area contributed by atoms with Crippen LogP contribution in [0.25, 0.3) is 11.3 Å². The molecule has 84 valence electrons. The molecule has 0 saturated heterocycles. The second-order valence-corrected chi connectivity index (χ2v) is 4.20. The number of aryl methyl sites for hydroxylation is 1. The molecule has 0 radical (unpaired) electrons. The van der Waals surface area contributed by atoms with E-state index in [2.05, 4.69) is 21.0 Å². The van der Waals surface area contributed by atoms with E-state index in [-0.39, 0.29) is 0 Å². The summed E-state index contributed by atoms with van der Waals surface area (Å²) in [5.41, 5.74) is 7.69. The Hall–Kier alpha value is -1.49. The molecule has 0 amide bonds. The van der Waals surface area contributed by atoms with E-state index in [1.54, 1.807) is 11.8 Å². The van der Waals surface area contributed by atoms with Crippen molar-refractivity contribution in [3.63, 3.8) is 0 Å². The lowest BCUT2D eigenvalue weighted by molar-refractivity contribution is 0.415. The Morgan fingerprint density at radius 2 is 2.19 bits per heavy atom. The second-order valence-electron chi connectivity index (χ2n) is 3.40. The molecule has 0 saturated carbocycles. The van der Waals surface area contributed by atoms with Crippen molar-refractivity contribution in [3.8, 4) is 17.0 Å². The van der Waals surface area contributed by atoms with E-state index in [1.807, 2.05) is 31.3 Å². The highest BCUT2D eigenvalue weighted by Crippen LogP contribution is 2.33. The first-order valence-corrected chi connectivity index (χ1v) is 5.55. The number of rotatable bonds is 2. The molecule has 0 aliphatic carbocycles. The van der Waals surface area contributed by atoms with Crippen molar-refractivity contribution in [1.82, 2.24) is 9.78 Å². The Bertz CT molecular complexity index is 522. The van der Waals surface area contributed by atoms with Gasteiger partial charge < -0.3 is 10.5 Å². The quantitative estimate of drug-likeness (QED) is 0.920. The molecule has 0 fully saturated rings. The van der Waals surface area contributed by atoms with Gasteiger partial charge in [-0.25, -0.2) is 0 Å². The number of hydrogen-bond acceptors (Lipinski definition) is 3. The van der Waals surface area contributed by atoms with Crippen LogP contribution in [-0.4, -0.2) is 16.9 Å². The van der Waals surface area contributed by atoms with Crippen LogP contribution in [0, 0.1) is 0 Å². The van der Waals surface area contributed by atoms with Gasteiger partial charge in [0.15, 0.2) is 5.82 Å². The third-order valence-electron chi connectivity index (χ3n) is 2.36. The molecule has 5 heteroatoms. The van der Waals surface area contributed by atoms with Crippen LogP contribution in [0.5, 0.6) is 5.75 Å². The average molecular weight is 282 g/mol. The molecule has 0 aliphatic rings. The molecule has 0 aliphatic heterocycles. The summed E-state index contributed by atoms with van der Waals surface area (Å²) in [6, 6.07) is 7.77. The minimum atomic E-state index is 0.486. The summed E-state index contributed by atoms with van der Waals surface area (Å²) >= 11 is 3.44. The van der Waals surface area contributed by atoms with E-state index in [9.17, 15) is 0 Å². The van der Waals surface area contributed by atoms with Crippen LogP contribution in [0.1, 0.15) is 0 Å². The number of hydrogen-bond donors (Lipinski definition) is 1. The van der Waals surface area contributed by atoms with Gasteiger partial charge in [-0.05, 0) is 28.1 Å². The molecule has 2 aromatic rings. The van der Waals surface area contributed by atoms with Crippen LogP contribution in [0.2, 0.25) is 0 Å². The van der Waals surface area contributed by atoms with E-state index in [4.69, 9.17) is 10.5 Å². The minimum Gasteiger partial charge on any atom is -0.497 e. The van der Waals surface area contributed by atoms with Crippen LogP contribution in [0.4, 0.5) is 5.82 Å². The van der Waals surface area contributed by atoms with Gasteiger partial charge in [-0.15, -0.1) is 0 Å². The summed E-state index contributed by atoms with van der Waals surface area (Å²) in [4.78, 5) is 0. The Labute approximate surface area is 102 Å². The standard InChI is InChI=1S/C11H12BrN3O/c1-15-10(9(12)11(13)14-15)7-4-3-5-8(6-7)16-2/h3-6H,1-2H3,(H2,13,14). The number of nitrogens with two attached hydrogens (primary N) is 1. The van der Waals surface area contributed by atoms with Crippen molar-refractivity contribution >= 4 is 21.7 Å². The van der Waals surface area contributed by atoms with E-state index in [1.165, 1.54) is 0 Å². The zero-order chi connectivity index (χ0) is 11.7. The number of ether oxygens (including phenoxy) is 1. The molecule has 16 heavy (non-hydrogen) atoms. The van der Waals surface area contributed by atoms with Gasteiger partial charge in [0.2, 0.25) is 0 Å². The Morgan fingerprint density at radius 1 is 1.44 bits per heavy atom. The molecule has 2 rings (SSSR count). The van der Waals surface area contributed by atoms with E-state index >= 15 is 0 Å². The third kappa shape index (κ3) is 1.78. The first-order chi connectivity index (χ1) is 7.63. The van der Waals surface area contributed by atoms with Crippen LogP contribution < -0.4 is 10.5 Å². The monoisotopic (exact) mass is 281 g/mol. The van der Waals surface area contributed by atoms with Crippen LogP contribution in [-0.2, 0) is 7.05 Å². The molecule has 2 N–H and O–H groups in total. The van der Waals surface area contributed by atoms with Crippen LogP contribution in [0.15, 0.2) is 28.7 Å². The molecule has 0 unspecified atom stereocenters. The number of nitrogens with zero attached hydrogens (tertiary/aromatic N) is 2. The molecule has 1 aromatic heterocycles. The van der Waals surface area contributed by atoms with Gasteiger partial charge in [0.05, 0.1) is 17.3 Å². The first kappa shape index (κ1) is 11.0. The van der Waals surface area contributed by atoms with Gasteiger partial charge >= 0.3 is 0 Å². The lowest BCUT2D eigenvalue weighted by Gasteiger charge is -2.05. The average Bonchev–Trinajstić information content (AvgIpc) is 2.53. The van der Waals surface area contributed by atoms with Gasteiger partial charge in [-0.3, -0.25) is 4.68 Å². The number of anilines is 1. The lowest BCUT2D eigenvalue weighted by Crippen LogP contribution is -1.95. The fraction of sp³-hybridized carbons (Fsp3) is 0.182. The van der Waals surface area contributed by atoms with Crippen LogP contribution in [0.3, 0.4) is 0 Å². The van der Waals surface area contributed by atoms with Crippen molar-refractivity contribution in [2.24, 2.45) is 7.05 Å². The highest BCUT2D eigenvalue weighted by atomic mass is 79.9. The van der Waals surface area contributed by atoms with Crippen molar-refractivity contribution in [1.29, 1.82) is 0 Å². The topological polar surface area (TPSA) is 53.1 Å². The smallest absolute Gasteiger partial charge is 0.160 e. The Morgan fingerprint density at radius 3 is 2.75 bits per heavy atom. The number of aromatic nitrogens is 2. The van der Waals surface area contributed by atoms with Crippen molar-refractivity contribution < 1.29 is 4.74 Å².